The summed E-state index contributed by atoms with van der Waals surface area (Å²) in [6, 6.07) is 9.03. The van der Waals surface area contributed by atoms with Gasteiger partial charge in [-0.1, -0.05) is 38.1 Å². The van der Waals surface area contributed by atoms with Gasteiger partial charge in [-0.3, -0.25) is 0 Å². The summed E-state index contributed by atoms with van der Waals surface area (Å²) in [5, 5.41) is 0. The van der Waals surface area contributed by atoms with Crippen LogP contribution in [0.5, 0.6) is 0 Å². The summed E-state index contributed by atoms with van der Waals surface area (Å²) in [5.74, 6) is 1.35. The molecule has 0 aromatic heterocycles. The average molecular weight is 226 g/mol. The Morgan fingerprint density at radius 1 is 1.20 bits per heavy atom. The monoisotopic (exact) mass is 225 g/mol. The van der Waals surface area contributed by atoms with Gasteiger partial charge in [0.05, 0.1) is 0 Å². The minimum atomic E-state index is 0. The molecular formula is C13H20ClN. The molecule has 0 spiro atoms. The second kappa shape index (κ2) is 5.00. The van der Waals surface area contributed by atoms with Crippen LogP contribution in [0.15, 0.2) is 24.3 Å². The van der Waals surface area contributed by atoms with Gasteiger partial charge in [0.2, 0.25) is 0 Å². The fourth-order valence-corrected chi connectivity index (χ4v) is 1.85. The van der Waals surface area contributed by atoms with Crippen LogP contribution >= 0.6 is 12.4 Å². The minimum absolute atomic E-state index is 0. The molecule has 2 rings (SSSR count). The van der Waals surface area contributed by atoms with Crippen molar-refractivity contribution in [2.75, 3.05) is 0 Å². The third-order valence-corrected chi connectivity index (χ3v) is 3.09. The second-order valence-corrected chi connectivity index (χ2v) is 4.69. The van der Waals surface area contributed by atoms with Crippen LogP contribution in [0.25, 0.3) is 0 Å². The van der Waals surface area contributed by atoms with E-state index in [-0.39, 0.29) is 18.4 Å². The number of benzene rings is 1. The van der Waals surface area contributed by atoms with Crippen LogP contribution in [0.4, 0.5) is 0 Å². The van der Waals surface area contributed by atoms with Crippen LogP contribution < -0.4 is 5.73 Å². The molecule has 1 fully saturated rings. The Morgan fingerprint density at radius 2 is 1.80 bits per heavy atom. The summed E-state index contributed by atoms with van der Waals surface area (Å²) in [4.78, 5) is 0. The van der Waals surface area contributed by atoms with Crippen molar-refractivity contribution in [1.29, 1.82) is 0 Å². The number of hydrogen-bond acceptors (Lipinski definition) is 1. The summed E-state index contributed by atoms with van der Waals surface area (Å²) in [6.45, 7) is 4.45. The summed E-state index contributed by atoms with van der Waals surface area (Å²) in [5.41, 5.74) is 8.89. The lowest BCUT2D eigenvalue weighted by molar-refractivity contribution is 0.631. The Morgan fingerprint density at radius 3 is 2.33 bits per heavy atom. The van der Waals surface area contributed by atoms with Gasteiger partial charge in [0, 0.05) is 6.04 Å². The normalized spacial score (nSPS) is 17.3. The molecule has 1 aliphatic rings. The van der Waals surface area contributed by atoms with E-state index in [9.17, 15) is 0 Å². The topological polar surface area (TPSA) is 26.0 Å². The Bertz CT molecular complexity index is 318. The molecule has 1 aromatic carbocycles. The van der Waals surface area contributed by atoms with Gasteiger partial charge in [-0.15, -0.1) is 12.4 Å². The first-order valence-electron chi connectivity index (χ1n) is 5.54. The van der Waals surface area contributed by atoms with Gasteiger partial charge in [0.25, 0.3) is 0 Å². The maximum absolute atomic E-state index is 6.17. The van der Waals surface area contributed by atoms with Gasteiger partial charge < -0.3 is 5.73 Å². The minimum Gasteiger partial charge on any atom is -0.324 e. The van der Waals surface area contributed by atoms with Crippen LogP contribution in [0.2, 0.25) is 0 Å². The molecule has 1 atom stereocenters. The molecule has 0 radical (unpaired) electrons. The highest BCUT2D eigenvalue weighted by Crippen LogP contribution is 2.39. The van der Waals surface area contributed by atoms with Crippen molar-refractivity contribution in [3.63, 3.8) is 0 Å². The molecule has 1 aromatic rings. The van der Waals surface area contributed by atoms with Gasteiger partial charge >= 0.3 is 0 Å². The van der Waals surface area contributed by atoms with E-state index in [4.69, 9.17) is 5.73 Å². The SMILES string of the molecule is CC(C)c1cccc(C(N)C2CC2)c1.Cl. The van der Waals surface area contributed by atoms with Gasteiger partial charge in [-0.05, 0) is 35.8 Å². The largest absolute Gasteiger partial charge is 0.324 e. The fourth-order valence-electron chi connectivity index (χ4n) is 1.85. The van der Waals surface area contributed by atoms with E-state index >= 15 is 0 Å². The van der Waals surface area contributed by atoms with Crippen LogP contribution in [0.1, 0.15) is 49.8 Å². The zero-order chi connectivity index (χ0) is 10.1. The van der Waals surface area contributed by atoms with Crippen molar-refractivity contribution < 1.29 is 0 Å². The molecule has 1 aliphatic carbocycles. The van der Waals surface area contributed by atoms with Crippen molar-refractivity contribution in [1.82, 2.24) is 0 Å². The summed E-state index contributed by atoms with van der Waals surface area (Å²) in [7, 11) is 0. The van der Waals surface area contributed by atoms with Crippen LogP contribution in [-0.2, 0) is 0 Å². The van der Waals surface area contributed by atoms with E-state index in [1.807, 2.05) is 0 Å². The highest BCUT2D eigenvalue weighted by molar-refractivity contribution is 5.85. The molecule has 1 saturated carbocycles. The summed E-state index contributed by atoms with van der Waals surface area (Å²) >= 11 is 0. The third-order valence-electron chi connectivity index (χ3n) is 3.09. The maximum atomic E-state index is 6.17. The predicted molar refractivity (Wildman–Crippen MR) is 67.4 cm³/mol. The molecule has 1 nitrogen and oxygen atoms in total. The van der Waals surface area contributed by atoms with Gasteiger partial charge in [0.15, 0.2) is 0 Å². The molecule has 0 bridgehead atoms. The maximum Gasteiger partial charge on any atom is 0.0323 e. The quantitative estimate of drug-likeness (QED) is 0.835. The van der Waals surface area contributed by atoms with E-state index in [0.717, 1.165) is 5.92 Å². The van der Waals surface area contributed by atoms with Crippen LogP contribution in [0.3, 0.4) is 0 Å². The standard InChI is InChI=1S/C13H19N.ClH/c1-9(2)11-4-3-5-12(8-11)13(14)10-6-7-10;/h3-5,8-10,13H,6-7,14H2,1-2H3;1H. The highest BCUT2D eigenvalue weighted by Gasteiger charge is 2.29. The van der Waals surface area contributed by atoms with E-state index in [0.29, 0.717) is 5.92 Å². The number of hydrogen-bond donors (Lipinski definition) is 1. The smallest absolute Gasteiger partial charge is 0.0323 e. The number of halogens is 1. The molecule has 84 valence electrons. The van der Waals surface area contributed by atoms with Crippen LogP contribution in [-0.4, -0.2) is 0 Å². The molecule has 15 heavy (non-hydrogen) atoms. The van der Waals surface area contributed by atoms with E-state index in [1.165, 1.54) is 24.0 Å². The van der Waals surface area contributed by atoms with E-state index in [1.54, 1.807) is 0 Å². The second-order valence-electron chi connectivity index (χ2n) is 4.69. The molecule has 1 unspecified atom stereocenters. The molecule has 2 N–H and O–H groups in total. The fraction of sp³-hybridized carbons (Fsp3) is 0.538. The summed E-state index contributed by atoms with van der Waals surface area (Å²) < 4.78 is 0. The Kier molecular flexibility index (Phi) is 4.18. The average Bonchev–Trinajstić information content (AvgIpc) is 3.00. The highest BCUT2D eigenvalue weighted by atomic mass is 35.5. The van der Waals surface area contributed by atoms with E-state index < -0.39 is 0 Å². The Labute approximate surface area is 98.5 Å². The lowest BCUT2D eigenvalue weighted by atomic mass is 9.96. The number of nitrogens with two attached hydrogens (primary N) is 1. The Balaban J connectivity index is 0.00000112. The first-order chi connectivity index (χ1) is 6.68. The Hall–Kier alpha value is -0.530. The third kappa shape index (κ3) is 2.96. The van der Waals surface area contributed by atoms with Crippen molar-refractivity contribution in [3.05, 3.63) is 35.4 Å². The molecular weight excluding hydrogens is 206 g/mol. The molecule has 2 heteroatoms. The van der Waals surface area contributed by atoms with Crippen LogP contribution in [0, 0.1) is 5.92 Å². The molecule has 0 heterocycles. The first kappa shape index (κ1) is 12.5. The zero-order valence-electron chi connectivity index (χ0n) is 9.44. The molecule has 0 amide bonds. The number of rotatable bonds is 3. The molecule has 0 aliphatic heterocycles. The molecule has 0 saturated heterocycles. The lowest BCUT2D eigenvalue weighted by Crippen LogP contribution is -2.12. The first-order valence-corrected chi connectivity index (χ1v) is 5.54. The van der Waals surface area contributed by atoms with Crippen molar-refractivity contribution in [3.8, 4) is 0 Å². The van der Waals surface area contributed by atoms with Crippen molar-refractivity contribution >= 4 is 12.4 Å². The van der Waals surface area contributed by atoms with Gasteiger partial charge in [0.1, 0.15) is 0 Å². The van der Waals surface area contributed by atoms with Crippen molar-refractivity contribution in [2.45, 2.75) is 38.6 Å². The van der Waals surface area contributed by atoms with Gasteiger partial charge in [-0.25, -0.2) is 0 Å². The predicted octanol–water partition coefficient (Wildman–Crippen LogP) is 3.64. The lowest BCUT2D eigenvalue weighted by Gasteiger charge is -2.13. The van der Waals surface area contributed by atoms with Crippen molar-refractivity contribution in [2.24, 2.45) is 11.7 Å². The summed E-state index contributed by atoms with van der Waals surface area (Å²) in [6.07, 6.45) is 2.63. The van der Waals surface area contributed by atoms with E-state index in [2.05, 4.69) is 38.1 Å². The zero-order valence-corrected chi connectivity index (χ0v) is 10.3. The van der Waals surface area contributed by atoms with Gasteiger partial charge in [-0.2, -0.15) is 0 Å².